The summed E-state index contributed by atoms with van der Waals surface area (Å²) in [4.78, 5) is 9.78. The highest BCUT2D eigenvalue weighted by molar-refractivity contribution is 7.99. The first kappa shape index (κ1) is 21.6. The molecule has 2 aliphatic heterocycles. The van der Waals surface area contributed by atoms with E-state index in [2.05, 4.69) is 39.9 Å². The van der Waals surface area contributed by atoms with E-state index < -0.39 is 10.0 Å². The maximum Gasteiger partial charge on any atom is 0.242 e. The molecule has 0 bridgehead atoms. The summed E-state index contributed by atoms with van der Waals surface area (Å²) >= 11 is 1.65. The Balaban J connectivity index is 1.56. The number of hydrogen-bond acceptors (Lipinski definition) is 6. The van der Waals surface area contributed by atoms with Crippen LogP contribution < -0.4 is 4.90 Å². The third-order valence-corrected chi connectivity index (χ3v) is 8.75. The number of nitrogens with zero attached hydrogens (tertiary/aromatic N) is 4. The first-order chi connectivity index (χ1) is 14.4. The third-order valence-electron chi connectivity index (χ3n) is 5.83. The molecule has 0 spiro atoms. The number of piperazine rings is 1. The van der Waals surface area contributed by atoms with Crippen LogP contribution in [0.2, 0.25) is 0 Å². The van der Waals surface area contributed by atoms with Gasteiger partial charge in [0.1, 0.15) is 0 Å². The fourth-order valence-corrected chi connectivity index (χ4v) is 6.09. The van der Waals surface area contributed by atoms with Gasteiger partial charge >= 0.3 is 0 Å². The predicted molar refractivity (Wildman–Crippen MR) is 123 cm³/mol. The number of sulfonamides is 1. The predicted octanol–water partition coefficient (Wildman–Crippen LogP) is 3.18. The van der Waals surface area contributed by atoms with Crippen LogP contribution in [0.1, 0.15) is 6.42 Å². The molecule has 30 heavy (non-hydrogen) atoms. The van der Waals surface area contributed by atoms with Gasteiger partial charge in [0.15, 0.2) is 0 Å². The summed E-state index contributed by atoms with van der Waals surface area (Å²) in [6.07, 6.45) is 1.07. The normalized spacial score (nSPS) is 17.8. The Morgan fingerprint density at radius 2 is 1.63 bits per heavy atom. The lowest BCUT2D eigenvalue weighted by Crippen LogP contribution is -2.45. The first-order valence-electron chi connectivity index (χ1n) is 10.4. The molecule has 1 saturated heterocycles. The third kappa shape index (κ3) is 4.38. The van der Waals surface area contributed by atoms with Crippen LogP contribution in [0.5, 0.6) is 0 Å². The van der Waals surface area contributed by atoms with Crippen molar-refractivity contribution in [1.29, 1.82) is 0 Å². The van der Waals surface area contributed by atoms with Crippen molar-refractivity contribution in [3.8, 4) is 0 Å². The summed E-state index contributed by atoms with van der Waals surface area (Å²) in [6.45, 7) is 6.53. The molecule has 0 N–H and O–H groups in total. The van der Waals surface area contributed by atoms with Crippen LogP contribution in [-0.2, 0) is 10.0 Å². The second-order valence-electron chi connectivity index (χ2n) is 8.14. The maximum atomic E-state index is 12.6. The van der Waals surface area contributed by atoms with Gasteiger partial charge in [0.25, 0.3) is 0 Å². The summed E-state index contributed by atoms with van der Waals surface area (Å²) in [5.74, 6) is 0. The molecule has 1 fully saturated rings. The lowest BCUT2D eigenvalue weighted by atomic mass is 10.2. The molecular weight excluding hydrogens is 416 g/mol. The van der Waals surface area contributed by atoms with Crippen molar-refractivity contribution >= 4 is 33.2 Å². The summed E-state index contributed by atoms with van der Waals surface area (Å²) in [7, 11) is 1.87. The van der Waals surface area contributed by atoms with Crippen molar-refractivity contribution < 1.29 is 8.42 Å². The van der Waals surface area contributed by atoms with E-state index in [1.54, 1.807) is 31.9 Å². The van der Waals surface area contributed by atoms with E-state index in [0.717, 1.165) is 56.3 Å². The minimum atomic E-state index is -3.45. The van der Waals surface area contributed by atoms with Gasteiger partial charge in [-0.2, -0.15) is 0 Å². The average Bonchev–Trinajstić information content (AvgIpc) is 2.74. The van der Waals surface area contributed by atoms with Crippen LogP contribution in [0.25, 0.3) is 0 Å². The molecule has 2 aromatic rings. The van der Waals surface area contributed by atoms with E-state index in [-0.39, 0.29) is 0 Å². The second kappa shape index (κ2) is 8.88. The summed E-state index contributed by atoms with van der Waals surface area (Å²) in [5.41, 5.74) is 2.30. The molecule has 2 aromatic carbocycles. The Kier molecular flexibility index (Phi) is 6.41. The number of likely N-dealkylation sites (N-methyl/N-ethyl adjacent to an activating group) is 1. The van der Waals surface area contributed by atoms with E-state index in [0.29, 0.717) is 4.90 Å². The second-order valence-corrected chi connectivity index (χ2v) is 11.4. The van der Waals surface area contributed by atoms with Crippen LogP contribution in [0, 0.1) is 0 Å². The molecule has 0 unspecified atom stereocenters. The lowest BCUT2D eigenvalue weighted by molar-refractivity contribution is 0.153. The minimum Gasteiger partial charge on any atom is -0.340 e. The fraction of sp³-hybridized carbons (Fsp3) is 0.455. The van der Waals surface area contributed by atoms with E-state index in [1.807, 2.05) is 18.2 Å². The monoisotopic (exact) mass is 446 g/mol. The quantitative estimate of drug-likeness (QED) is 0.679. The van der Waals surface area contributed by atoms with Crippen molar-refractivity contribution in [3.63, 3.8) is 0 Å². The molecule has 0 saturated carbocycles. The first-order valence-corrected chi connectivity index (χ1v) is 12.6. The molecule has 0 atom stereocenters. The van der Waals surface area contributed by atoms with Gasteiger partial charge < -0.3 is 14.7 Å². The standard InChI is InChI=1S/C22H30N4O2S2/c1-23(2)30(27,28)18-9-10-20-22(17-18)29-21-8-5-4-7-19(21)26(20)12-6-11-25-15-13-24(3)14-16-25/h4-5,7-10,17H,6,11-16H2,1-3H3. The van der Waals surface area contributed by atoms with Crippen molar-refractivity contribution in [2.45, 2.75) is 21.1 Å². The molecule has 162 valence electrons. The highest BCUT2D eigenvalue weighted by atomic mass is 32.2. The van der Waals surface area contributed by atoms with Crippen LogP contribution in [0.3, 0.4) is 0 Å². The number of benzene rings is 2. The molecule has 4 rings (SSSR count). The van der Waals surface area contributed by atoms with Crippen LogP contribution >= 0.6 is 11.8 Å². The highest BCUT2D eigenvalue weighted by Gasteiger charge is 2.26. The van der Waals surface area contributed by atoms with Crippen LogP contribution in [0.4, 0.5) is 11.4 Å². The van der Waals surface area contributed by atoms with Crippen LogP contribution in [0.15, 0.2) is 57.2 Å². The van der Waals surface area contributed by atoms with Gasteiger partial charge in [-0.15, -0.1) is 0 Å². The number of para-hydroxylation sites is 1. The van der Waals surface area contributed by atoms with Crippen LogP contribution in [-0.4, -0.2) is 82.9 Å². The molecule has 0 aromatic heterocycles. The summed E-state index contributed by atoms with van der Waals surface area (Å²) < 4.78 is 26.5. The van der Waals surface area contributed by atoms with Gasteiger partial charge in [0, 0.05) is 56.6 Å². The van der Waals surface area contributed by atoms with Crippen molar-refractivity contribution in [2.75, 3.05) is 65.3 Å². The molecule has 8 heteroatoms. The number of fused-ring (bicyclic) bond motifs is 2. The average molecular weight is 447 g/mol. The molecule has 0 aliphatic carbocycles. The topological polar surface area (TPSA) is 47.1 Å². The molecular formula is C22H30N4O2S2. The molecule has 2 heterocycles. The largest absolute Gasteiger partial charge is 0.340 e. The van der Waals surface area contributed by atoms with Gasteiger partial charge in [0.05, 0.1) is 16.3 Å². The zero-order valence-corrected chi connectivity index (χ0v) is 19.5. The van der Waals surface area contributed by atoms with E-state index in [4.69, 9.17) is 0 Å². The zero-order valence-electron chi connectivity index (χ0n) is 17.9. The van der Waals surface area contributed by atoms with Gasteiger partial charge in [0.2, 0.25) is 10.0 Å². The Morgan fingerprint density at radius 3 is 2.37 bits per heavy atom. The smallest absolute Gasteiger partial charge is 0.242 e. The SMILES string of the molecule is CN1CCN(CCCN2c3ccccc3Sc3cc(S(=O)(=O)N(C)C)ccc32)CC1. The highest BCUT2D eigenvalue weighted by Crippen LogP contribution is 2.48. The molecule has 2 aliphatic rings. The lowest BCUT2D eigenvalue weighted by Gasteiger charge is -2.35. The molecule has 0 amide bonds. The Morgan fingerprint density at radius 1 is 0.933 bits per heavy atom. The molecule has 6 nitrogen and oxygen atoms in total. The van der Waals surface area contributed by atoms with E-state index in [1.165, 1.54) is 14.9 Å². The number of rotatable bonds is 6. The summed E-state index contributed by atoms with van der Waals surface area (Å²) in [6, 6.07) is 13.9. The minimum absolute atomic E-state index is 0.343. The van der Waals surface area contributed by atoms with Crippen molar-refractivity contribution in [2.24, 2.45) is 0 Å². The number of anilines is 2. The van der Waals surface area contributed by atoms with E-state index in [9.17, 15) is 8.42 Å². The zero-order chi connectivity index (χ0) is 21.3. The van der Waals surface area contributed by atoms with Gasteiger partial charge in [-0.25, -0.2) is 12.7 Å². The number of hydrogen-bond donors (Lipinski definition) is 0. The maximum absolute atomic E-state index is 12.6. The summed E-state index contributed by atoms with van der Waals surface area (Å²) in [5, 5.41) is 0. The van der Waals surface area contributed by atoms with Crippen molar-refractivity contribution in [1.82, 2.24) is 14.1 Å². The Hall–Kier alpha value is -1.58. The Bertz CT molecular complexity index is 1000. The van der Waals surface area contributed by atoms with Gasteiger partial charge in [-0.05, 0) is 50.3 Å². The van der Waals surface area contributed by atoms with Gasteiger partial charge in [-0.1, -0.05) is 23.9 Å². The van der Waals surface area contributed by atoms with Crippen molar-refractivity contribution in [3.05, 3.63) is 42.5 Å². The van der Waals surface area contributed by atoms with Gasteiger partial charge in [-0.3, -0.25) is 0 Å². The fourth-order valence-electron chi connectivity index (χ4n) is 3.95. The molecule has 0 radical (unpaired) electrons. The Labute approximate surface area is 184 Å². The van der Waals surface area contributed by atoms with E-state index >= 15 is 0 Å².